The molecule has 0 aliphatic heterocycles. The number of H-pyrrole nitrogens is 2. The molecule has 0 aliphatic rings. The minimum atomic E-state index is -0.319. The maximum absolute atomic E-state index is 11.7. The number of hydrogen-bond acceptors (Lipinski definition) is 3. The first-order valence-corrected chi connectivity index (χ1v) is 6.43. The van der Waals surface area contributed by atoms with Crippen molar-refractivity contribution >= 4 is 17.5 Å². The van der Waals surface area contributed by atoms with Gasteiger partial charge in [0.25, 0.3) is 0 Å². The third-order valence-corrected chi connectivity index (χ3v) is 2.91. The fourth-order valence-corrected chi connectivity index (χ4v) is 1.92. The van der Waals surface area contributed by atoms with E-state index in [4.69, 9.17) is 0 Å². The summed E-state index contributed by atoms with van der Waals surface area (Å²) in [5, 5.41) is 11.8. The van der Waals surface area contributed by atoms with Crippen LogP contribution in [0.15, 0.2) is 49.1 Å². The van der Waals surface area contributed by atoms with E-state index in [2.05, 4.69) is 30.8 Å². The molecule has 0 fully saturated rings. The number of aromatic nitrogens is 4. The molecular weight excluding hydrogens is 268 g/mol. The van der Waals surface area contributed by atoms with Gasteiger partial charge in [-0.05, 0) is 17.7 Å². The summed E-state index contributed by atoms with van der Waals surface area (Å²) in [5.41, 5.74) is 2.91. The number of carbonyl (C=O) groups is 1. The molecule has 7 nitrogen and oxygen atoms in total. The van der Waals surface area contributed by atoms with Crippen molar-refractivity contribution in [2.24, 2.45) is 0 Å². The van der Waals surface area contributed by atoms with Gasteiger partial charge in [0.05, 0.1) is 12.5 Å². The summed E-state index contributed by atoms with van der Waals surface area (Å²) in [7, 11) is 0. The summed E-state index contributed by atoms with van der Waals surface area (Å²) in [6.07, 6.45) is 5.80. The Labute approximate surface area is 120 Å². The van der Waals surface area contributed by atoms with Crippen LogP contribution in [-0.4, -0.2) is 26.2 Å². The van der Waals surface area contributed by atoms with Gasteiger partial charge in [-0.2, -0.15) is 5.10 Å². The van der Waals surface area contributed by atoms with Gasteiger partial charge in [-0.3, -0.25) is 10.4 Å². The molecule has 2 heterocycles. The number of nitrogens with one attached hydrogen (secondary N) is 4. The first-order chi connectivity index (χ1) is 10.3. The molecule has 0 aliphatic carbocycles. The third-order valence-electron chi connectivity index (χ3n) is 2.91. The van der Waals surface area contributed by atoms with Gasteiger partial charge < -0.3 is 10.3 Å². The van der Waals surface area contributed by atoms with Gasteiger partial charge in [0.2, 0.25) is 0 Å². The lowest BCUT2D eigenvalue weighted by atomic mass is 10.1. The second-order valence-electron chi connectivity index (χ2n) is 4.50. The van der Waals surface area contributed by atoms with Crippen LogP contribution in [0, 0.1) is 0 Å². The molecule has 0 spiro atoms. The average Bonchev–Trinajstić information content (AvgIpc) is 3.14. The van der Waals surface area contributed by atoms with Crippen LogP contribution >= 0.6 is 0 Å². The van der Waals surface area contributed by atoms with Crippen molar-refractivity contribution in [1.82, 2.24) is 20.2 Å². The number of nitrogens with zero attached hydrogens (tertiary/aromatic N) is 2. The van der Waals surface area contributed by atoms with E-state index in [1.165, 1.54) is 0 Å². The fourth-order valence-electron chi connectivity index (χ4n) is 1.92. The quantitative estimate of drug-likeness (QED) is 0.591. The highest BCUT2D eigenvalue weighted by Crippen LogP contribution is 2.12. The number of hydrogen-bond donors (Lipinski definition) is 4. The van der Waals surface area contributed by atoms with Crippen molar-refractivity contribution < 1.29 is 4.79 Å². The minimum Gasteiger partial charge on any atom is -0.348 e. The molecule has 7 heteroatoms. The molecule has 3 rings (SSSR count). The van der Waals surface area contributed by atoms with Crippen molar-refractivity contribution in [2.75, 3.05) is 10.6 Å². The summed E-state index contributed by atoms with van der Waals surface area (Å²) < 4.78 is 0. The van der Waals surface area contributed by atoms with Crippen LogP contribution in [0.3, 0.4) is 0 Å². The smallest absolute Gasteiger partial charge is 0.324 e. The van der Waals surface area contributed by atoms with E-state index in [9.17, 15) is 4.79 Å². The van der Waals surface area contributed by atoms with E-state index >= 15 is 0 Å². The number of anilines is 2. The topological polar surface area (TPSA) is 98.5 Å². The van der Waals surface area contributed by atoms with Crippen molar-refractivity contribution in [3.8, 4) is 0 Å². The van der Waals surface area contributed by atoms with E-state index < -0.39 is 0 Å². The SMILES string of the molecule is O=C(Nc1ccc(Cc2cnc[nH]2)cc1)Nc1ccn[nH]1. The van der Waals surface area contributed by atoms with Gasteiger partial charge in [-0.1, -0.05) is 12.1 Å². The third kappa shape index (κ3) is 3.47. The Bertz CT molecular complexity index is 688. The molecule has 3 aromatic rings. The van der Waals surface area contributed by atoms with Crippen molar-refractivity contribution in [2.45, 2.75) is 6.42 Å². The van der Waals surface area contributed by atoms with Crippen LogP contribution in [0.4, 0.5) is 16.3 Å². The van der Waals surface area contributed by atoms with Crippen molar-refractivity contribution in [3.63, 3.8) is 0 Å². The van der Waals surface area contributed by atoms with Crippen molar-refractivity contribution in [3.05, 3.63) is 60.3 Å². The Hall–Kier alpha value is -3.09. The highest BCUT2D eigenvalue weighted by Gasteiger charge is 2.03. The van der Waals surface area contributed by atoms with Crippen LogP contribution in [0.25, 0.3) is 0 Å². The normalized spacial score (nSPS) is 10.3. The molecule has 0 atom stereocenters. The largest absolute Gasteiger partial charge is 0.348 e. The Morgan fingerprint density at radius 3 is 2.67 bits per heavy atom. The zero-order valence-corrected chi connectivity index (χ0v) is 11.1. The van der Waals surface area contributed by atoms with Gasteiger partial charge in [-0.15, -0.1) is 0 Å². The number of aromatic amines is 2. The Morgan fingerprint density at radius 1 is 1.14 bits per heavy atom. The summed E-state index contributed by atoms with van der Waals surface area (Å²) in [6, 6.07) is 9.00. The summed E-state index contributed by atoms with van der Waals surface area (Å²) in [4.78, 5) is 18.8. The van der Waals surface area contributed by atoms with Crippen LogP contribution in [-0.2, 0) is 6.42 Å². The molecule has 4 N–H and O–H groups in total. The van der Waals surface area contributed by atoms with E-state index in [1.807, 2.05) is 24.3 Å². The molecule has 106 valence electrons. The second kappa shape index (κ2) is 5.91. The van der Waals surface area contributed by atoms with Gasteiger partial charge in [0.15, 0.2) is 0 Å². The highest BCUT2D eigenvalue weighted by atomic mass is 16.2. The Kier molecular flexibility index (Phi) is 3.64. The Morgan fingerprint density at radius 2 is 2.00 bits per heavy atom. The summed E-state index contributed by atoms with van der Waals surface area (Å²) in [6.45, 7) is 0. The number of urea groups is 1. The Balaban J connectivity index is 1.58. The van der Waals surface area contributed by atoms with Gasteiger partial charge >= 0.3 is 6.03 Å². The lowest BCUT2D eigenvalue weighted by Gasteiger charge is -2.06. The van der Waals surface area contributed by atoms with E-state index in [1.54, 1.807) is 24.8 Å². The molecule has 0 bridgehead atoms. The molecule has 0 saturated carbocycles. The fraction of sp³-hybridized carbons (Fsp3) is 0.0714. The highest BCUT2D eigenvalue weighted by molar-refractivity contribution is 5.99. The number of imidazole rings is 1. The molecule has 2 aromatic heterocycles. The van der Waals surface area contributed by atoms with Gasteiger partial charge in [0.1, 0.15) is 5.82 Å². The van der Waals surface area contributed by atoms with Crippen molar-refractivity contribution in [1.29, 1.82) is 0 Å². The van der Waals surface area contributed by atoms with Gasteiger partial charge in [-0.25, -0.2) is 9.78 Å². The summed E-state index contributed by atoms with van der Waals surface area (Å²) in [5.74, 6) is 0.545. The second-order valence-corrected chi connectivity index (χ2v) is 4.50. The maximum atomic E-state index is 11.7. The zero-order chi connectivity index (χ0) is 14.5. The predicted octanol–water partition coefficient (Wildman–Crippen LogP) is 2.37. The van der Waals surface area contributed by atoms with E-state index in [0.717, 1.165) is 23.4 Å². The molecule has 0 unspecified atom stereocenters. The molecular formula is C14H14N6O. The molecule has 1 aromatic carbocycles. The summed E-state index contributed by atoms with van der Waals surface area (Å²) >= 11 is 0. The van der Waals surface area contributed by atoms with Crippen LogP contribution in [0.1, 0.15) is 11.3 Å². The first kappa shape index (κ1) is 12.9. The van der Waals surface area contributed by atoms with E-state index in [0.29, 0.717) is 5.82 Å². The average molecular weight is 282 g/mol. The number of carbonyl (C=O) groups excluding carboxylic acids is 1. The molecule has 0 saturated heterocycles. The van der Waals surface area contributed by atoms with Crippen LogP contribution < -0.4 is 10.6 Å². The number of rotatable bonds is 4. The predicted molar refractivity (Wildman–Crippen MR) is 79.1 cm³/mol. The number of amides is 2. The molecule has 2 amide bonds. The monoisotopic (exact) mass is 282 g/mol. The first-order valence-electron chi connectivity index (χ1n) is 6.43. The van der Waals surface area contributed by atoms with E-state index in [-0.39, 0.29) is 6.03 Å². The van der Waals surface area contributed by atoms with Crippen LogP contribution in [0.5, 0.6) is 0 Å². The number of benzene rings is 1. The standard InChI is InChI=1S/C14H14N6O/c21-14(19-13-5-6-17-20-13)18-11-3-1-10(2-4-11)7-12-8-15-9-16-12/h1-6,8-9H,7H2,(H,15,16)(H3,17,18,19,20,21). The molecule has 0 radical (unpaired) electrons. The van der Waals surface area contributed by atoms with Gasteiger partial charge in [0, 0.05) is 30.1 Å². The zero-order valence-electron chi connectivity index (χ0n) is 11.1. The van der Waals surface area contributed by atoms with Crippen LogP contribution in [0.2, 0.25) is 0 Å². The lowest BCUT2D eigenvalue weighted by Crippen LogP contribution is -2.19. The maximum Gasteiger partial charge on any atom is 0.324 e. The molecule has 21 heavy (non-hydrogen) atoms. The minimum absolute atomic E-state index is 0.319. The lowest BCUT2D eigenvalue weighted by molar-refractivity contribution is 0.262.